The van der Waals surface area contributed by atoms with Crippen molar-refractivity contribution in [1.29, 1.82) is 0 Å². The summed E-state index contributed by atoms with van der Waals surface area (Å²) in [6, 6.07) is 2.76. The second-order valence-corrected chi connectivity index (χ2v) is 5.73. The number of hydrogen-bond acceptors (Lipinski definition) is 5. The minimum atomic E-state index is -0.492. The van der Waals surface area contributed by atoms with Gasteiger partial charge in [-0.05, 0) is 18.9 Å². The van der Waals surface area contributed by atoms with E-state index in [1.807, 2.05) is 12.3 Å². The first kappa shape index (κ1) is 12.6. The maximum absolute atomic E-state index is 11.4. The van der Waals surface area contributed by atoms with E-state index in [0.717, 1.165) is 38.0 Å². The van der Waals surface area contributed by atoms with E-state index in [2.05, 4.69) is 19.9 Å². The van der Waals surface area contributed by atoms with Gasteiger partial charge in [0.2, 0.25) is 0 Å². The average molecular weight is 286 g/mol. The largest absolute Gasteiger partial charge is 0.365 e. The van der Waals surface area contributed by atoms with Crippen molar-refractivity contribution in [2.45, 2.75) is 18.9 Å². The van der Waals surface area contributed by atoms with Crippen molar-refractivity contribution < 1.29 is 4.79 Å². The van der Waals surface area contributed by atoms with Crippen LogP contribution in [0.25, 0.3) is 5.65 Å². The lowest BCUT2D eigenvalue weighted by Gasteiger charge is -2.35. The molecular weight excluding hydrogens is 268 g/mol. The molecule has 1 aliphatic heterocycles. The van der Waals surface area contributed by atoms with Gasteiger partial charge in [0.15, 0.2) is 5.65 Å². The van der Waals surface area contributed by atoms with Gasteiger partial charge in [-0.25, -0.2) is 9.50 Å². The molecule has 21 heavy (non-hydrogen) atoms. The highest BCUT2D eigenvalue weighted by molar-refractivity contribution is 5.98. The molecule has 2 aromatic heterocycles. The second kappa shape index (κ2) is 4.70. The van der Waals surface area contributed by atoms with Crippen LogP contribution >= 0.6 is 0 Å². The van der Waals surface area contributed by atoms with E-state index in [1.165, 1.54) is 19.0 Å². The van der Waals surface area contributed by atoms with Crippen molar-refractivity contribution in [1.82, 2.24) is 19.5 Å². The summed E-state index contributed by atoms with van der Waals surface area (Å²) in [6.07, 6.45) is 6.00. The highest BCUT2D eigenvalue weighted by Crippen LogP contribution is 2.28. The molecule has 1 saturated carbocycles. The summed E-state index contributed by atoms with van der Waals surface area (Å²) >= 11 is 0. The van der Waals surface area contributed by atoms with Gasteiger partial charge in [-0.1, -0.05) is 0 Å². The number of hydrogen-bond donors (Lipinski definition) is 1. The zero-order valence-corrected chi connectivity index (χ0v) is 11.8. The van der Waals surface area contributed by atoms with Gasteiger partial charge in [0.1, 0.15) is 11.4 Å². The summed E-state index contributed by atoms with van der Waals surface area (Å²) in [6.45, 7) is 4.11. The van der Waals surface area contributed by atoms with Crippen LogP contribution in [0.15, 0.2) is 18.5 Å². The summed E-state index contributed by atoms with van der Waals surface area (Å²) in [7, 11) is 0. The zero-order valence-electron chi connectivity index (χ0n) is 11.8. The number of anilines is 1. The molecule has 1 aliphatic carbocycles. The third-order valence-electron chi connectivity index (χ3n) is 4.32. The molecule has 2 N–H and O–H groups in total. The van der Waals surface area contributed by atoms with Crippen molar-refractivity contribution in [3.8, 4) is 0 Å². The van der Waals surface area contributed by atoms with Crippen molar-refractivity contribution >= 4 is 17.4 Å². The fourth-order valence-electron chi connectivity index (χ4n) is 2.97. The maximum atomic E-state index is 11.4. The summed E-state index contributed by atoms with van der Waals surface area (Å²) in [5, 5.41) is 4.10. The Bertz CT molecular complexity index is 684. The smallest absolute Gasteiger partial charge is 0.254 e. The first-order chi connectivity index (χ1) is 10.2. The molecule has 3 heterocycles. The van der Waals surface area contributed by atoms with Crippen LogP contribution < -0.4 is 10.6 Å². The lowest BCUT2D eigenvalue weighted by atomic mass is 10.3. The highest BCUT2D eigenvalue weighted by Gasteiger charge is 2.31. The molecule has 0 spiro atoms. The molecular formula is C14H18N6O. The van der Waals surface area contributed by atoms with Gasteiger partial charge < -0.3 is 10.6 Å². The molecule has 0 radical (unpaired) electrons. The van der Waals surface area contributed by atoms with Crippen LogP contribution in [0, 0.1) is 0 Å². The molecule has 0 unspecified atom stereocenters. The van der Waals surface area contributed by atoms with E-state index in [0.29, 0.717) is 11.2 Å². The summed E-state index contributed by atoms with van der Waals surface area (Å²) in [5.41, 5.74) is 6.26. The van der Waals surface area contributed by atoms with Crippen molar-refractivity contribution in [2.75, 3.05) is 31.1 Å². The monoisotopic (exact) mass is 286 g/mol. The maximum Gasteiger partial charge on any atom is 0.254 e. The molecule has 2 fully saturated rings. The van der Waals surface area contributed by atoms with Gasteiger partial charge in [0.25, 0.3) is 5.91 Å². The molecule has 4 rings (SSSR count). The molecule has 1 amide bonds. The Morgan fingerprint density at radius 3 is 2.67 bits per heavy atom. The molecule has 110 valence electrons. The quantitative estimate of drug-likeness (QED) is 0.866. The van der Waals surface area contributed by atoms with Crippen LogP contribution in [-0.2, 0) is 0 Å². The predicted molar refractivity (Wildman–Crippen MR) is 78.3 cm³/mol. The Balaban J connectivity index is 1.58. The molecule has 1 saturated heterocycles. The standard InChI is InChI=1S/C14H18N6O/c15-13(21)11-9-16-20-4-3-12(17-14(11)20)19-7-5-18(6-8-19)10-1-2-10/h3-4,9-10H,1-2,5-8H2,(H2,15,21). The van der Waals surface area contributed by atoms with Crippen LogP contribution in [0.2, 0.25) is 0 Å². The van der Waals surface area contributed by atoms with Gasteiger partial charge in [0, 0.05) is 38.4 Å². The van der Waals surface area contributed by atoms with Gasteiger partial charge >= 0.3 is 0 Å². The Morgan fingerprint density at radius 2 is 2.00 bits per heavy atom. The van der Waals surface area contributed by atoms with Gasteiger partial charge in [-0.15, -0.1) is 0 Å². The Kier molecular flexibility index (Phi) is 2.81. The summed E-state index contributed by atoms with van der Waals surface area (Å²) < 4.78 is 1.59. The number of nitrogens with two attached hydrogens (primary N) is 1. The normalized spacial score (nSPS) is 20.1. The van der Waals surface area contributed by atoms with Gasteiger partial charge in [-0.3, -0.25) is 9.69 Å². The van der Waals surface area contributed by atoms with Crippen LogP contribution in [0.3, 0.4) is 0 Å². The number of nitrogens with zero attached hydrogens (tertiary/aromatic N) is 5. The number of aromatic nitrogens is 3. The molecule has 0 aromatic carbocycles. The first-order valence-corrected chi connectivity index (χ1v) is 7.35. The molecule has 0 atom stereocenters. The molecule has 2 aromatic rings. The number of piperazine rings is 1. The minimum absolute atomic E-state index is 0.369. The van der Waals surface area contributed by atoms with Crippen molar-refractivity contribution in [3.05, 3.63) is 24.0 Å². The van der Waals surface area contributed by atoms with E-state index in [-0.39, 0.29) is 0 Å². The topological polar surface area (TPSA) is 79.8 Å². The van der Waals surface area contributed by atoms with Crippen LogP contribution in [0.5, 0.6) is 0 Å². The van der Waals surface area contributed by atoms with Crippen molar-refractivity contribution in [3.63, 3.8) is 0 Å². The van der Waals surface area contributed by atoms with E-state index < -0.39 is 5.91 Å². The van der Waals surface area contributed by atoms with E-state index in [4.69, 9.17) is 5.73 Å². The lowest BCUT2D eigenvalue weighted by Crippen LogP contribution is -2.47. The van der Waals surface area contributed by atoms with Crippen LogP contribution in [0.4, 0.5) is 5.82 Å². The second-order valence-electron chi connectivity index (χ2n) is 5.73. The third kappa shape index (κ3) is 2.23. The minimum Gasteiger partial charge on any atom is -0.365 e. The van der Waals surface area contributed by atoms with Crippen LogP contribution in [-0.4, -0.2) is 57.6 Å². The van der Waals surface area contributed by atoms with E-state index in [1.54, 1.807) is 4.52 Å². The zero-order chi connectivity index (χ0) is 14.4. The summed E-state index contributed by atoms with van der Waals surface area (Å²) in [5.74, 6) is 0.397. The number of fused-ring (bicyclic) bond motifs is 1. The van der Waals surface area contributed by atoms with Gasteiger partial charge in [-0.2, -0.15) is 5.10 Å². The summed E-state index contributed by atoms with van der Waals surface area (Å²) in [4.78, 5) is 20.8. The molecule has 7 heteroatoms. The van der Waals surface area contributed by atoms with Gasteiger partial charge in [0.05, 0.1) is 6.20 Å². The van der Waals surface area contributed by atoms with E-state index >= 15 is 0 Å². The Morgan fingerprint density at radius 1 is 1.24 bits per heavy atom. The van der Waals surface area contributed by atoms with Crippen LogP contribution in [0.1, 0.15) is 23.2 Å². The number of carbonyl (C=O) groups is 1. The number of amides is 1. The lowest BCUT2D eigenvalue weighted by molar-refractivity contribution is 0.100. The average Bonchev–Trinajstić information content (AvgIpc) is 3.26. The highest BCUT2D eigenvalue weighted by atomic mass is 16.1. The van der Waals surface area contributed by atoms with Crippen molar-refractivity contribution in [2.24, 2.45) is 5.73 Å². The number of primary amides is 1. The third-order valence-corrected chi connectivity index (χ3v) is 4.32. The molecule has 7 nitrogen and oxygen atoms in total. The Labute approximate surface area is 122 Å². The molecule has 0 bridgehead atoms. The number of rotatable bonds is 3. The fraction of sp³-hybridized carbons (Fsp3) is 0.500. The predicted octanol–water partition coefficient (Wildman–Crippen LogP) is 0.113. The Hall–Kier alpha value is -2.15. The molecule has 2 aliphatic rings. The van der Waals surface area contributed by atoms with E-state index in [9.17, 15) is 4.79 Å². The fourth-order valence-corrected chi connectivity index (χ4v) is 2.97. The number of carbonyl (C=O) groups excluding carboxylic acids is 1. The first-order valence-electron chi connectivity index (χ1n) is 7.35. The SMILES string of the molecule is NC(=O)c1cnn2ccc(N3CCN(C4CC4)CC3)nc12.